The average molecular weight is 395 g/mol. The van der Waals surface area contributed by atoms with Crippen LogP contribution in [-0.2, 0) is 6.54 Å². The molecule has 0 aliphatic heterocycles. The number of aliphatic hydroxyl groups is 1. The van der Waals surface area contributed by atoms with Gasteiger partial charge in [-0.3, -0.25) is 4.79 Å². The van der Waals surface area contributed by atoms with Crippen molar-refractivity contribution in [3.8, 4) is 5.75 Å². The zero-order chi connectivity index (χ0) is 20.4. The van der Waals surface area contributed by atoms with Crippen molar-refractivity contribution in [2.24, 2.45) is 5.73 Å². The van der Waals surface area contributed by atoms with Crippen LogP contribution in [-0.4, -0.2) is 46.1 Å². The number of aliphatic hydroxyl groups excluding tert-OH is 1. The summed E-state index contributed by atoms with van der Waals surface area (Å²) in [4.78, 5) is 12.5. The van der Waals surface area contributed by atoms with E-state index in [-0.39, 0.29) is 23.2 Å². The van der Waals surface area contributed by atoms with Gasteiger partial charge in [0.25, 0.3) is 0 Å². The third-order valence-corrected chi connectivity index (χ3v) is 5.15. The van der Waals surface area contributed by atoms with Crippen molar-refractivity contribution in [2.45, 2.75) is 19.4 Å². The molecule has 0 unspecified atom stereocenters. The lowest BCUT2D eigenvalue weighted by Crippen LogP contribution is -2.17. The molecule has 0 radical (unpaired) electrons. The third-order valence-electron chi connectivity index (χ3n) is 5.15. The summed E-state index contributed by atoms with van der Waals surface area (Å²) < 4.78 is 1.74. The number of aromatic hydroxyl groups is 1. The number of rotatable bonds is 9. The zero-order valence-electron chi connectivity index (χ0n) is 16.1. The fourth-order valence-electron chi connectivity index (χ4n) is 3.80. The van der Waals surface area contributed by atoms with E-state index in [2.05, 4.69) is 10.6 Å². The molecule has 0 bridgehead atoms. The lowest BCUT2D eigenvalue weighted by Gasteiger charge is -2.13. The molecule has 4 rings (SSSR count). The van der Waals surface area contributed by atoms with E-state index in [1.54, 1.807) is 16.6 Å². The van der Waals surface area contributed by atoms with Crippen molar-refractivity contribution in [1.82, 2.24) is 14.9 Å². The van der Waals surface area contributed by atoms with Gasteiger partial charge in [0.1, 0.15) is 5.75 Å². The van der Waals surface area contributed by atoms with Crippen LogP contribution in [0.25, 0.3) is 27.2 Å². The zero-order valence-corrected chi connectivity index (χ0v) is 16.1. The Bertz CT molecular complexity index is 1200. The van der Waals surface area contributed by atoms with E-state index < -0.39 is 0 Å². The SMILES string of the molecule is NCCCCNc1ccc2c(CNCCO)nn3c4cccc(=O)c4c(O)c1c23. The number of aromatic nitrogens is 2. The van der Waals surface area contributed by atoms with Gasteiger partial charge in [-0.2, -0.15) is 5.10 Å². The minimum Gasteiger partial charge on any atom is -0.506 e. The van der Waals surface area contributed by atoms with Crippen molar-refractivity contribution >= 4 is 32.9 Å². The standard InChI is InChI=1S/C21H25N5O3/c22-8-1-2-9-24-14-7-6-13-15(12-23-10-11-27)25-26-16-4-3-5-17(28)19(16)21(29)18(14)20(13)26/h3-7,23-24,27,29H,1-2,8-12,22H2. The summed E-state index contributed by atoms with van der Waals surface area (Å²) in [5.41, 5.74) is 8.22. The molecule has 2 aromatic carbocycles. The Morgan fingerprint density at radius 1 is 1.10 bits per heavy atom. The molecule has 0 aliphatic carbocycles. The first-order chi connectivity index (χ1) is 14.2. The maximum atomic E-state index is 12.5. The molecule has 0 atom stereocenters. The van der Waals surface area contributed by atoms with Gasteiger partial charge in [-0.1, -0.05) is 6.07 Å². The van der Waals surface area contributed by atoms with Gasteiger partial charge in [0, 0.05) is 30.7 Å². The Labute approximate surface area is 167 Å². The molecule has 8 heteroatoms. The number of fused-ring (bicyclic) bond motifs is 2. The van der Waals surface area contributed by atoms with Crippen molar-refractivity contribution in [2.75, 3.05) is 31.6 Å². The molecule has 152 valence electrons. The van der Waals surface area contributed by atoms with Gasteiger partial charge in [-0.05, 0) is 43.7 Å². The molecule has 0 spiro atoms. The Kier molecular flexibility index (Phi) is 5.48. The van der Waals surface area contributed by atoms with Crippen molar-refractivity contribution in [3.63, 3.8) is 0 Å². The Hall–Kier alpha value is -2.94. The molecule has 2 aromatic heterocycles. The summed E-state index contributed by atoms with van der Waals surface area (Å²) in [5.74, 6) is -0.0280. The van der Waals surface area contributed by atoms with Gasteiger partial charge < -0.3 is 26.6 Å². The summed E-state index contributed by atoms with van der Waals surface area (Å²) in [6.45, 7) is 2.32. The number of nitrogens with zero attached hydrogens (tertiary/aromatic N) is 2. The second-order valence-electron chi connectivity index (χ2n) is 7.06. The maximum Gasteiger partial charge on any atom is 0.191 e. The lowest BCUT2D eigenvalue weighted by molar-refractivity contribution is 0.291. The van der Waals surface area contributed by atoms with Crippen LogP contribution in [0.5, 0.6) is 5.75 Å². The molecule has 0 aliphatic rings. The van der Waals surface area contributed by atoms with Crippen molar-refractivity contribution < 1.29 is 10.2 Å². The van der Waals surface area contributed by atoms with Gasteiger partial charge in [-0.25, -0.2) is 4.52 Å². The van der Waals surface area contributed by atoms with E-state index in [9.17, 15) is 9.90 Å². The molecule has 0 amide bonds. The molecule has 0 saturated carbocycles. The first kappa shape index (κ1) is 19.4. The number of benzene rings is 2. The number of anilines is 1. The number of hydrogen-bond acceptors (Lipinski definition) is 7. The summed E-state index contributed by atoms with van der Waals surface area (Å²) in [5, 5.41) is 33.1. The molecule has 2 heterocycles. The smallest absolute Gasteiger partial charge is 0.191 e. The fourth-order valence-corrected chi connectivity index (χ4v) is 3.80. The summed E-state index contributed by atoms with van der Waals surface area (Å²) in [6.07, 6.45) is 1.82. The number of unbranched alkanes of at least 4 members (excludes halogenated alkanes) is 1. The van der Waals surface area contributed by atoms with Crippen LogP contribution in [0.15, 0.2) is 35.1 Å². The molecular weight excluding hydrogens is 370 g/mol. The van der Waals surface area contributed by atoms with Crippen molar-refractivity contribution in [3.05, 3.63) is 46.2 Å². The van der Waals surface area contributed by atoms with E-state index in [1.807, 2.05) is 12.1 Å². The van der Waals surface area contributed by atoms with E-state index in [4.69, 9.17) is 15.9 Å². The average Bonchev–Trinajstić information content (AvgIpc) is 3.09. The second kappa shape index (κ2) is 8.20. The van der Waals surface area contributed by atoms with Gasteiger partial charge in [-0.15, -0.1) is 0 Å². The largest absolute Gasteiger partial charge is 0.506 e. The number of hydrogen-bond donors (Lipinski definition) is 5. The Morgan fingerprint density at radius 3 is 2.76 bits per heavy atom. The third kappa shape index (κ3) is 3.35. The van der Waals surface area contributed by atoms with E-state index >= 15 is 0 Å². The monoisotopic (exact) mass is 395 g/mol. The van der Waals surface area contributed by atoms with Gasteiger partial charge in [0.05, 0.1) is 34.1 Å². The first-order valence-corrected chi connectivity index (χ1v) is 9.84. The van der Waals surface area contributed by atoms with Crippen LogP contribution >= 0.6 is 0 Å². The fraction of sp³-hybridized carbons (Fsp3) is 0.333. The normalized spacial score (nSPS) is 11.8. The van der Waals surface area contributed by atoms with Gasteiger partial charge >= 0.3 is 0 Å². The minimum absolute atomic E-state index is 0.0280. The highest BCUT2D eigenvalue weighted by molar-refractivity contribution is 6.13. The number of nitrogens with two attached hydrogens (primary N) is 1. The number of pyridine rings is 1. The molecule has 4 aromatic rings. The minimum atomic E-state index is -0.243. The quantitative estimate of drug-likeness (QED) is 0.214. The van der Waals surface area contributed by atoms with Gasteiger partial charge in [0.2, 0.25) is 0 Å². The summed E-state index contributed by atoms with van der Waals surface area (Å²) in [6, 6.07) is 8.79. The van der Waals surface area contributed by atoms with Crippen LogP contribution in [0, 0.1) is 0 Å². The molecule has 0 saturated heterocycles. The summed E-state index contributed by atoms with van der Waals surface area (Å²) >= 11 is 0. The number of nitrogens with one attached hydrogen (secondary N) is 2. The van der Waals surface area contributed by atoms with Crippen LogP contribution < -0.4 is 21.8 Å². The van der Waals surface area contributed by atoms with Crippen LogP contribution in [0.4, 0.5) is 5.69 Å². The molecule has 8 nitrogen and oxygen atoms in total. The topological polar surface area (TPSA) is 125 Å². The maximum absolute atomic E-state index is 12.5. The van der Waals surface area contributed by atoms with Crippen molar-refractivity contribution in [1.29, 1.82) is 0 Å². The molecule has 0 fully saturated rings. The van der Waals surface area contributed by atoms with E-state index in [0.717, 1.165) is 35.1 Å². The summed E-state index contributed by atoms with van der Waals surface area (Å²) in [7, 11) is 0. The molecular formula is C21H25N5O3. The Balaban J connectivity index is 1.95. The van der Waals surface area contributed by atoms with Gasteiger partial charge in [0.15, 0.2) is 5.43 Å². The predicted octanol–water partition coefficient (Wildman–Crippen LogP) is 1.38. The predicted molar refractivity (Wildman–Crippen MR) is 115 cm³/mol. The Morgan fingerprint density at radius 2 is 1.97 bits per heavy atom. The highest BCUT2D eigenvalue weighted by atomic mass is 16.3. The highest BCUT2D eigenvalue weighted by Gasteiger charge is 2.21. The lowest BCUT2D eigenvalue weighted by atomic mass is 10.0. The van der Waals surface area contributed by atoms with E-state index in [1.165, 1.54) is 6.07 Å². The molecule has 29 heavy (non-hydrogen) atoms. The van der Waals surface area contributed by atoms with Crippen LogP contribution in [0.3, 0.4) is 0 Å². The second-order valence-corrected chi connectivity index (χ2v) is 7.06. The van der Waals surface area contributed by atoms with Crippen LogP contribution in [0.2, 0.25) is 0 Å². The van der Waals surface area contributed by atoms with E-state index in [0.29, 0.717) is 37.1 Å². The first-order valence-electron chi connectivity index (χ1n) is 9.84. The van der Waals surface area contributed by atoms with Crippen LogP contribution in [0.1, 0.15) is 18.5 Å². The highest BCUT2D eigenvalue weighted by Crippen LogP contribution is 2.40. The molecule has 6 N–H and O–H groups in total.